The average Bonchev–Trinajstić information content (AvgIpc) is 3.24. The zero-order chi connectivity index (χ0) is 19.5. The Bertz CT molecular complexity index is 855. The van der Waals surface area contributed by atoms with E-state index in [-0.39, 0.29) is 23.9 Å². The summed E-state index contributed by atoms with van der Waals surface area (Å²) in [6.45, 7) is 2.05. The molecule has 1 aromatic heterocycles. The number of carbonyl (C=O) groups excluding carboxylic acids is 2. The number of carbonyl (C=O) groups is 2. The zero-order valence-electron chi connectivity index (χ0n) is 15.3. The number of piperazine rings is 1. The SMILES string of the molecule is O=C(c1ccccc1Cl)N1CCN(C(=O)C2CC(c3ccncc3)NN2)CC1. The van der Waals surface area contributed by atoms with Gasteiger partial charge in [-0.3, -0.25) is 14.6 Å². The predicted octanol–water partition coefficient (Wildman–Crippen LogP) is 1.63. The Kier molecular flexibility index (Phi) is 5.57. The van der Waals surface area contributed by atoms with E-state index in [0.29, 0.717) is 43.2 Å². The molecule has 8 heteroatoms. The standard InChI is InChI=1S/C20H22ClN5O2/c21-16-4-2-1-3-15(16)19(27)25-9-11-26(12-10-25)20(28)18-13-17(23-24-18)14-5-7-22-8-6-14/h1-8,17-18,23-24H,9-13H2. The summed E-state index contributed by atoms with van der Waals surface area (Å²) >= 11 is 6.14. The van der Waals surface area contributed by atoms with Crippen LogP contribution in [0.25, 0.3) is 0 Å². The fourth-order valence-corrected chi connectivity index (χ4v) is 3.90. The first kappa shape index (κ1) is 18.9. The molecule has 3 heterocycles. The first-order chi connectivity index (χ1) is 13.6. The molecule has 2 amide bonds. The summed E-state index contributed by atoms with van der Waals surface area (Å²) in [5.74, 6) is -0.0231. The molecule has 2 aliphatic heterocycles. The van der Waals surface area contributed by atoms with Crippen LogP contribution in [0.15, 0.2) is 48.8 Å². The van der Waals surface area contributed by atoms with Gasteiger partial charge in [0.1, 0.15) is 6.04 Å². The Labute approximate surface area is 168 Å². The second kappa shape index (κ2) is 8.26. The molecular weight excluding hydrogens is 378 g/mol. The summed E-state index contributed by atoms with van der Waals surface area (Å²) in [6.07, 6.45) is 4.18. The van der Waals surface area contributed by atoms with Crippen LogP contribution < -0.4 is 10.9 Å². The van der Waals surface area contributed by atoms with E-state index in [1.54, 1.807) is 41.6 Å². The summed E-state index contributed by atoms with van der Waals surface area (Å²) in [6, 6.07) is 10.8. The van der Waals surface area contributed by atoms with Crippen LogP contribution in [0.3, 0.4) is 0 Å². The van der Waals surface area contributed by atoms with Gasteiger partial charge in [0, 0.05) is 44.6 Å². The van der Waals surface area contributed by atoms with Crippen LogP contribution in [0.1, 0.15) is 28.4 Å². The number of hydrogen-bond acceptors (Lipinski definition) is 5. The Balaban J connectivity index is 1.32. The second-order valence-corrected chi connectivity index (χ2v) is 7.41. The third kappa shape index (κ3) is 3.87. The molecule has 0 spiro atoms. The van der Waals surface area contributed by atoms with E-state index in [1.807, 2.05) is 17.0 Å². The van der Waals surface area contributed by atoms with Gasteiger partial charge in [-0.25, -0.2) is 10.9 Å². The van der Waals surface area contributed by atoms with E-state index in [9.17, 15) is 9.59 Å². The fourth-order valence-electron chi connectivity index (χ4n) is 3.69. The first-order valence-electron chi connectivity index (χ1n) is 9.37. The molecule has 2 aliphatic rings. The van der Waals surface area contributed by atoms with Crippen LogP contribution in [0.2, 0.25) is 5.02 Å². The molecular formula is C20H22ClN5O2. The van der Waals surface area contributed by atoms with Gasteiger partial charge in [0.15, 0.2) is 0 Å². The lowest BCUT2D eigenvalue weighted by Crippen LogP contribution is -2.54. The normalized spacial score (nSPS) is 22.3. The second-order valence-electron chi connectivity index (χ2n) is 7.01. The summed E-state index contributed by atoms with van der Waals surface area (Å²) in [5.41, 5.74) is 7.91. The molecule has 0 aliphatic carbocycles. The Morgan fingerprint density at radius 3 is 2.36 bits per heavy atom. The summed E-state index contributed by atoms with van der Waals surface area (Å²) in [5, 5.41) is 0.453. The monoisotopic (exact) mass is 399 g/mol. The van der Waals surface area contributed by atoms with Crippen molar-refractivity contribution in [3.8, 4) is 0 Å². The average molecular weight is 400 g/mol. The highest BCUT2D eigenvalue weighted by molar-refractivity contribution is 6.33. The van der Waals surface area contributed by atoms with Crippen LogP contribution in [-0.4, -0.2) is 58.8 Å². The molecule has 28 heavy (non-hydrogen) atoms. The number of hydrogen-bond donors (Lipinski definition) is 2. The first-order valence-corrected chi connectivity index (χ1v) is 9.75. The van der Waals surface area contributed by atoms with Crippen molar-refractivity contribution in [3.05, 3.63) is 64.9 Å². The smallest absolute Gasteiger partial charge is 0.255 e. The van der Waals surface area contributed by atoms with E-state index in [0.717, 1.165) is 5.56 Å². The minimum atomic E-state index is -0.274. The highest BCUT2D eigenvalue weighted by atomic mass is 35.5. The van der Waals surface area contributed by atoms with Crippen molar-refractivity contribution >= 4 is 23.4 Å². The highest BCUT2D eigenvalue weighted by Gasteiger charge is 2.34. The van der Waals surface area contributed by atoms with Crippen molar-refractivity contribution in [1.29, 1.82) is 0 Å². The van der Waals surface area contributed by atoms with Crippen LogP contribution >= 0.6 is 11.6 Å². The van der Waals surface area contributed by atoms with Crippen LogP contribution in [-0.2, 0) is 4.79 Å². The van der Waals surface area contributed by atoms with Gasteiger partial charge in [0.05, 0.1) is 10.6 Å². The lowest BCUT2D eigenvalue weighted by molar-refractivity contribution is -0.134. The molecule has 1 aromatic carbocycles. The number of hydrazine groups is 1. The highest BCUT2D eigenvalue weighted by Crippen LogP contribution is 2.23. The molecule has 2 saturated heterocycles. The number of nitrogens with one attached hydrogen (secondary N) is 2. The van der Waals surface area contributed by atoms with Gasteiger partial charge >= 0.3 is 0 Å². The topological polar surface area (TPSA) is 77.6 Å². The molecule has 2 unspecified atom stereocenters. The van der Waals surface area contributed by atoms with Gasteiger partial charge in [0.25, 0.3) is 5.91 Å². The van der Waals surface area contributed by atoms with Crippen molar-refractivity contribution in [2.75, 3.05) is 26.2 Å². The maximum Gasteiger partial charge on any atom is 0.255 e. The zero-order valence-corrected chi connectivity index (χ0v) is 16.1. The van der Waals surface area contributed by atoms with Crippen molar-refractivity contribution < 1.29 is 9.59 Å². The Hall–Kier alpha value is -2.48. The molecule has 2 aromatic rings. The number of halogens is 1. The molecule has 2 fully saturated rings. The Morgan fingerprint density at radius 2 is 1.64 bits per heavy atom. The van der Waals surface area contributed by atoms with Gasteiger partial charge in [-0.05, 0) is 36.2 Å². The molecule has 146 valence electrons. The summed E-state index contributed by atoms with van der Waals surface area (Å²) < 4.78 is 0. The maximum atomic E-state index is 12.9. The quantitative estimate of drug-likeness (QED) is 0.820. The van der Waals surface area contributed by atoms with Gasteiger partial charge in [-0.1, -0.05) is 23.7 Å². The van der Waals surface area contributed by atoms with E-state index in [4.69, 9.17) is 11.6 Å². The summed E-state index contributed by atoms with van der Waals surface area (Å²) in [4.78, 5) is 33.1. The molecule has 0 bridgehead atoms. The van der Waals surface area contributed by atoms with E-state index < -0.39 is 0 Å². The minimum Gasteiger partial charge on any atom is -0.338 e. The molecule has 4 rings (SSSR count). The number of pyridine rings is 1. The largest absolute Gasteiger partial charge is 0.338 e. The van der Waals surface area contributed by atoms with Crippen LogP contribution in [0.4, 0.5) is 0 Å². The minimum absolute atomic E-state index is 0.0638. The number of amides is 2. The van der Waals surface area contributed by atoms with Crippen LogP contribution in [0.5, 0.6) is 0 Å². The molecule has 7 nitrogen and oxygen atoms in total. The maximum absolute atomic E-state index is 12.9. The fraction of sp³-hybridized carbons (Fsp3) is 0.350. The lowest BCUT2D eigenvalue weighted by Gasteiger charge is -2.36. The molecule has 2 N–H and O–H groups in total. The molecule has 0 saturated carbocycles. The Morgan fingerprint density at radius 1 is 0.964 bits per heavy atom. The number of benzene rings is 1. The van der Waals surface area contributed by atoms with E-state index >= 15 is 0 Å². The van der Waals surface area contributed by atoms with Crippen LogP contribution in [0, 0.1) is 0 Å². The van der Waals surface area contributed by atoms with E-state index in [1.165, 1.54) is 0 Å². The van der Waals surface area contributed by atoms with Crippen molar-refractivity contribution in [2.24, 2.45) is 0 Å². The van der Waals surface area contributed by atoms with Crippen molar-refractivity contribution in [3.63, 3.8) is 0 Å². The number of rotatable bonds is 3. The summed E-state index contributed by atoms with van der Waals surface area (Å²) in [7, 11) is 0. The van der Waals surface area contributed by atoms with Gasteiger partial charge < -0.3 is 9.80 Å². The third-order valence-corrected chi connectivity index (χ3v) is 5.62. The van der Waals surface area contributed by atoms with Gasteiger partial charge in [-0.15, -0.1) is 0 Å². The van der Waals surface area contributed by atoms with Gasteiger partial charge in [-0.2, -0.15) is 0 Å². The van der Waals surface area contributed by atoms with Gasteiger partial charge in [0.2, 0.25) is 5.91 Å². The van der Waals surface area contributed by atoms with Crippen molar-refractivity contribution in [2.45, 2.75) is 18.5 Å². The predicted molar refractivity (Wildman–Crippen MR) is 106 cm³/mol. The third-order valence-electron chi connectivity index (χ3n) is 5.29. The number of nitrogens with zero attached hydrogens (tertiary/aromatic N) is 3. The van der Waals surface area contributed by atoms with Crippen molar-refractivity contribution in [1.82, 2.24) is 25.6 Å². The number of aromatic nitrogens is 1. The molecule has 0 radical (unpaired) electrons. The van der Waals surface area contributed by atoms with E-state index in [2.05, 4.69) is 15.8 Å². The lowest BCUT2D eigenvalue weighted by atomic mass is 10.0. The molecule has 2 atom stereocenters.